The number of nitrogens with zero attached hydrogens (tertiary/aromatic N) is 2. The zero-order chi connectivity index (χ0) is 27.8. The van der Waals surface area contributed by atoms with Crippen LogP contribution in [-0.4, -0.2) is 62.3 Å². The maximum absolute atomic E-state index is 13.2. The zero-order valence-electron chi connectivity index (χ0n) is 21.2. The molecule has 8 nitrogen and oxygen atoms in total. The molecule has 2 aromatic carbocycles. The number of aryl methyl sites for hydroxylation is 1. The van der Waals surface area contributed by atoms with Crippen LogP contribution in [0.3, 0.4) is 0 Å². The summed E-state index contributed by atoms with van der Waals surface area (Å²) in [7, 11) is 3.17. The molecule has 0 aliphatic rings. The summed E-state index contributed by atoms with van der Waals surface area (Å²) < 4.78 is 49.7. The summed E-state index contributed by atoms with van der Waals surface area (Å²) in [6, 6.07) is 4.81. The van der Waals surface area contributed by atoms with E-state index in [0.29, 0.717) is 31.9 Å². The van der Waals surface area contributed by atoms with Crippen LogP contribution in [0.5, 0.6) is 5.75 Å². The molecule has 0 saturated carbocycles. The molecule has 37 heavy (non-hydrogen) atoms. The lowest BCUT2D eigenvalue weighted by molar-refractivity contribution is -0.137. The smallest absolute Gasteiger partial charge is 0.416 e. The van der Waals surface area contributed by atoms with Gasteiger partial charge < -0.3 is 25.6 Å². The van der Waals surface area contributed by atoms with E-state index in [4.69, 9.17) is 26.8 Å². The zero-order valence-corrected chi connectivity index (χ0v) is 22.0. The van der Waals surface area contributed by atoms with Crippen LogP contribution in [0.15, 0.2) is 29.3 Å². The Morgan fingerprint density at radius 2 is 1.76 bits per heavy atom. The van der Waals surface area contributed by atoms with Gasteiger partial charge in [0.2, 0.25) is 0 Å². The number of nitrogens with one attached hydrogen (secondary N) is 1. The fraction of sp³-hybridized carbons (Fsp3) is 0.440. The van der Waals surface area contributed by atoms with Gasteiger partial charge in [-0.15, -0.1) is 0 Å². The number of benzene rings is 2. The van der Waals surface area contributed by atoms with Crippen molar-refractivity contribution in [2.75, 3.05) is 40.5 Å². The lowest BCUT2D eigenvalue weighted by Crippen LogP contribution is -2.31. The van der Waals surface area contributed by atoms with E-state index in [9.17, 15) is 23.1 Å². The molecule has 0 heterocycles. The number of rotatable bonds is 11. The maximum atomic E-state index is 13.2. The van der Waals surface area contributed by atoms with Crippen LogP contribution in [0.1, 0.15) is 39.5 Å². The fourth-order valence-electron chi connectivity index (χ4n) is 3.66. The van der Waals surface area contributed by atoms with Crippen molar-refractivity contribution in [3.63, 3.8) is 0 Å². The SMILES string of the molecule is COCCN(CCOC)Cc1cc(Cl)cc(C(=O)NC(C)=Nc2c(C)cc(C(F)(F)F)cc2CN)c1O. The number of amides is 1. The average Bonchev–Trinajstić information content (AvgIpc) is 2.82. The molecule has 0 aliphatic carbocycles. The number of aromatic hydroxyl groups is 1. The van der Waals surface area contributed by atoms with Crippen molar-refractivity contribution < 1.29 is 32.5 Å². The highest BCUT2D eigenvalue weighted by Gasteiger charge is 2.31. The third-order valence-corrected chi connectivity index (χ3v) is 5.73. The number of halogens is 4. The van der Waals surface area contributed by atoms with E-state index in [1.807, 2.05) is 4.90 Å². The molecule has 0 unspecified atom stereocenters. The van der Waals surface area contributed by atoms with Crippen molar-refractivity contribution in [3.05, 3.63) is 57.1 Å². The molecular formula is C25H32ClF3N4O4. The summed E-state index contributed by atoms with van der Waals surface area (Å²) in [5.74, 6) is -0.824. The second-order valence-corrected chi connectivity index (χ2v) is 8.81. The molecule has 0 spiro atoms. The summed E-state index contributed by atoms with van der Waals surface area (Å²) in [4.78, 5) is 19.3. The number of amidine groups is 1. The Labute approximate surface area is 219 Å². The topological polar surface area (TPSA) is 109 Å². The molecule has 2 aromatic rings. The summed E-state index contributed by atoms with van der Waals surface area (Å²) in [5, 5.41) is 13.7. The Kier molecular flexibility index (Phi) is 11.3. The van der Waals surface area contributed by atoms with Crippen molar-refractivity contribution in [2.24, 2.45) is 10.7 Å². The van der Waals surface area contributed by atoms with Crippen molar-refractivity contribution in [1.29, 1.82) is 0 Å². The highest BCUT2D eigenvalue weighted by molar-refractivity contribution is 6.31. The van der Waals surface area contributed by atoms with Crippen LogP contribution < -0.4 is 11.1 Å². The number of phenolic OH excluding ortho intramolecular Hbond substituents is 1. The lowest BCUT2D eigenvalue weighted by Gasteiger charge is -2.23. The van der Waals surface area contributed by atoms with Crippen LogP contribution in [0.4, 0.5) is 18.9 Å². The highest BCUT2D eigenvalue weighted by Crippen LogP contribution is 2.35. The Balaban J connectivity index is 2.32. The third kappa shape index (κ3) is 8.68. The average molecular weight is 545 g/mol. The Morgan fingerprint density at radius 3 is 2.30 bits per heavy atom. The Bertz CT molecular complexity index is 1120. The minimum atomic E-state index is -4.52. The van der Waals surface area contributed by atoms with E-state index in [-0.39, 0.29) is 52.1 Å². The molecule has 0 atom stereocenters. The molecule has 0 saturated heterocycles. The minimum Gasteiger partial charge on any atom is -0.507 e. The molecule has 0 fully saturated rings. The Hall–Kier alpha value is -2.70. The molecule has 0 bridgehead atoms. The molecule has 1 amide bonds. The predicted octanol–water partition coefficient (Wildman–Crippen LogP) is 4.41. The van der Waals surface area contributed by atoms with E-state index >= 15 is 0 Å². The standard InChI is InChI=1S/C25H32ClF3N4O4/c1-15-9-19(25(27,28)29)10-17(13-30)22(15)31-16(2)32-24(35)21-12-20(26)11-18(23(21)34)14-33(5-7-36-3)6-8-37-4/h9-12,34H,5-8,13-14,30H2,1-4H3,(H,31,32,35). The summed E-state index contributed by atoms with van der Waals surface area (Å²) in [6.07, 6.45) is -4.52. The molecule has 0 aliphatic heterocycles. The van der Waals surface area contributed by atoms with Crippen molar-refractivity contribution in [3.8, 4) is 5.75 Å². The summed E-state index contributed by atoms with van der Waals surface area (Å²) in [6.45, 7) is 5.13. The van der Waals surface area contributed by atoms with Gasteiger partial charge in [0, 0.05) is 51.0 Å². The quantitative estimate of drug-likeness (QED) is 0.286. The normalized spacial score (nSPS) is 12.3. The van der Waals surface area contributed by atoms with Crippen LogP contribution in [0.2, 0.25) is 5.02 Å². The van der Waals surface area contributed by atoms with E-state index in [1.165, 1.54) is 19.9 Å². The van der Waals surface area contributed by atoms with Gasteiger partial charge in [0.25, 0.3) is 5.91 Å². The van der Waals surface area contributed by atoms with Gasteiger partial charge >= 0.3 is 6.18 Å². The number of alkyl halides is 3. The van der Waals surface area contributed by atoms with Crippen molar-refractivity contribution in [2.45, 2.75) is 33.1 Å². The van der Waals surface area contributed by atoms with Gasteiger partial charge in [0.1, 0.15) is 11.6 Å². The van der Waals surface area contributed by atoms with Crippen LogP contribution in [0, 0.1) is 6.92 Å². The number of hydrogen-bond acceptors (Lipinski definition) is 7. The molecule has 0 radical (unpaired) electrons. The number of nitrogens with two attached hydrogens (primary N) is 1. The number of ether oxygens (including phenoxy) is 2. The van der Waals surface area contributed by atoms with Gasteiger partial charge in [-0.05, 0) is 49.2 Å². The van der Waals surface area contributed by atoms with Gasteiger partial charge in [-0.2, -0.15) is 13.2 Å². The lowest BCUT2D eigenvalue weighted by atomic mass is 10.0. The monoisotopic (exact) mass is 544 g/mol. The minimum absolute atomic E-state index is 0.0707. The molecule has 0 aromatic heterocycles. The number of carbonyl (C=O) groups excluding carboxylic acids is 1. The largest absolute Gasteiger partial charge is 0.507 e. The van der Waals surface area contributed by atoms with Gasteiger partial charge in [-0.25, -0.2) is 4.99 Å². The number of hydrogen-bond donors (Lipinski definition) is 3. The number of aliphatic imine (C=N–C) groups is 1. The molecule has 12 heteroatoms. The van der Waals surface area contributed by atoms with E-state index in [2.05, 4.69) is 10.3 Å². The predicted molar refractivity (Wildman–Crippen MR) is 136 cm³/mol. The van der Waals surface area contributed by atoms with Gasteiger partial charge in [0.05, 0.1) is 30.0 Å². The molecule has 2 rings (SSSR count). The van der Waals surface area contributed by atoms with E-state index in [0.717, 1.165) is 12.1 Å². The first-order valence-electron chi connectivity index (χ1n) is 11.4. The van der Waals surface area contributed by atoms with Crippen molar-refractivity contribution >= 4 is 29.0 Å². The van der Waals surface area contributed by atoms with Gasteiger partial charge in [0.15, 0.2) is 0 Å². The van der Waals surface area contributed by atoms with Crippen LogP contribution in [-0.2, 0) is 28.7 Å². The first-order valence-corrected chi connectivity index (χ1v) is 11.8. The Morgan fingerprint density at radius 1 is 1.14 bits per heavy atom. The van der Waals surface area contributed by atoms with Gasteiger partial charge in [-0.3, -0.25) is 9.69 Å². The first-order chi connectivity index (χ1) is 17.4. The number of methoxy groups -OCH3 is 2. The van der Waals surface area contributed by atoms with E-state index < -0.39 is 17.6 Å². The summed E-state index contributed by atoms with van der Waals surface area (Å²) in [5.41, 5.74) is 5.87. The van der Waals surface area contributed by atoms with Gasteiger partial charge in [-0.1, -0.05) is 11.6 Å². The van der Waals surface area contributed by atoms with Crippen molar-refractivity contribution in [1.82, 2.24) is 10.2 Å². The van der Waals surface area contributed by atoms with Crippen LogP contribution >= 0.6 is 11.6 Å². The summed E-state index contributed by atoms with van der Waals surface area (Å²) >= 11 is 6.24. The third-order valence-electron chi connectivity index (χ3n) is 5.52. The second-order valence-electron chi connectivity index (χ2n) is 8.38. The number of phenols is 1. The molecule has 204 valence electrons. The second kappa shape index (κ2) is 13.7. The fourth-order valence-corrected chi connectivity index (χ4v) is 3.90. The maximum Gasteiger partial charge on any atom is 0.416 e. The molecular weight excluding hydrogens is 513 g/mol. The van der Waals surface area contributed by atoms with E-state index in [1.54, 1.807) is 20.3 Å². The number of carbonyl (C=O) groups is 1. The highest BCUT2D eigenvalue weighted by atomic mass is 35.5. The first kappa shape index (κ1) is 30.5. The van der Waals surface area contributed by atoms with Crippen LogP contribution in [0.25, 0.3) is 0 Å². The molecule has 4 N–H and O–H groups in total.